The summed E-state index contributed by atoms with van der Waals surface area (Å²) in [6.45, 7) is 5.55. The van der Waals surface area contributed by atoms with Crippen molar-refractivity contribution in [1.29, 1.82) is 0 Å². The molecule has 3 rings (SSSR count). The predicted molar refractivity (Wildman–Crippen MR) is 101 cm³/mol. The Morgan fingerprint density at radius 3 is 2.35 bits per heavy atom. The van der Waals surface area contributed by atoms with Gasteiger partial charge < -0.3 is 9.29 Å². The van der Waals surface area contributed by atoms with E-state index in [1.807, 2.05) is 20.8 Å². The highest BCUT2D eigenvalue weighted by atomic mass is 35.5. The van der Waals surface area contributed by atoms with Gasteiger partial charge in [0.1, 0.15) is 22.0 Å². The molecule has 2 aliphatic carbocycles. The predicted octanol–water partition coefficient (Wildman–Crippen LogP) is 5.25. The first kappa shape index (κ1) is 20.2. The molecule has 0 spiro atoms. The van der Waals surface area contributed by atoms with Crippen LogP contribution in [0.5, 0.6) is 5.75 Å². The van der Waals surface area contributed by atoms with E-state index in [0.29, 0.717) is 43.4 Å². The highest BCUT2D eigenvalue weighted by Gasteiger charge is 2.60. The number of hydrogen-bond acceptors (Lipinski definition) is 3. The topological polar surface area (TPSA) is 44.3 Å². The van der Waals surface area contributed by atoms with Crippen molar-refractivity contribution in [3.63, 3.8) is 0 Å². The third-order valence-corrected chi connectivity index (χ3v) is 7.62. The average molecular weight is 406 g/mol. The highest BCUT2D eigenvalue weighted by Crippen LogP contribution is 2.63. The molecule has 0 aliphatic heterocycles. The maximum absolute atomic E-state index is 15.0. The average Bonchev–Trinajstić information content (AvgIpc) is 3.08. The van der Waals surface area contributed by atoms with Gasteiger partial charge in [0.2, 0.25) is 0 Å². The molecular formula is C19H26ClF2NO2S. The summed E-state index contributed by atoms with van der Waals surface area (Å²) in [7, 11) is 1.49. The minimum atomic E-state index is -1.43. The summed E-state index contributed by atoms with van der Waals surface area (Å²) >= 11 is 4.64. The zero-order valence-electron chi connectivity index (χ0n) is 15.6. The van der Waals surface area contributed by atoms with Gasteiger partial charge >= 0.3 is 0 Å². The molecule has 1 unspecified atom stereocenters. The molecule has 2 aliphatic rings. The number of halogens is 3. The molecule has 0 heterocycles. The fraction of sp³-hybridized carbons (Fsp3) is 0.684. The van der Waals surface area contributed by atoms with Crippen LogP contribution in [0.15, 0.2) is 12.1 Å². The Kier molecular flexibility index (Phi) is 5.28. The Labute approximate surface area is 162 Å². The third-order valence-electron chi connectivity index (χ3n) is 5.78. The van der Waals surface area contributed by atoms with Gasteiger partial charge in [0.15, 0.2) is 0 Å². The number of ether oxygens (including phenoxy) is 1. The lowest BCUT2D eigenvalue weighted by molar-refractivity contribution is 0.175. The Balaban J connectivity index is 2.06. The molecule has 1 aromatic rings. The quantitative estimate of drug-likeness (QED) is 0.680. The van der Waals surface area contributed by atoms with E-state index in [2.05, 4.69) is 4.72 Å². The van der Waals surface area contributed by atoms with Crippen molar-refractivity contribution in [1.82, 2.24) is 4.72 Å². The van der Waals surface area contributed by atoms with Gasteiger partial charge in [-0.2, -0.15) is 0 Å². The molecule has 2 saturated carbocycles. The van der Waals surface area contributed by atoms with E-state index in [9.17, 15) is 13.3 Å². The molecule has 1 aromatic carbocycles. The van der Waals surface area contributed by atoms with Crippen LogP contribution in [0, 0.1) is 11.2 Å². The van der Waals surface area contributed by atoms with Crippen molar-refractivity contribution >= 4 is 23.0 Å². The van der Waals surface area contributed by atoms with Crippen molar-refractivity contribution in [2.45, 2.75) is 69.3 Å². The number of nitrogens with one attached hydrogen (secondary N) is 1. The summed E-state index contributed by atoms with van der Waals surface area (Å²) in [6, 6.07) is 2.41. The normalized spacial score (nSPS) is 30.5. The monoisotopic (exact) mass is 405 g/mol. The molecule has 0 radical (unpaired) electrons. The molecule has 1 N–H and O–H groups in total. The molecule has 146 valence electrons. The van der Waals surface area contributed by atoms with Crippen LogP contribution in [0.4, 0.5) is 8.78 Å². The van der Waals surface area contributed by atoms with Gasteiger partial charge in [0, 0.05) is 23.0 Å². The smallest absolute Gasteiger partial charge is 0.147 e. The van der Waals surface area contributed by atoms with Crippen LogP contribution in [0.1, 0.15) is 64.5 Å². The Bertz CT molecular complexity index is 687. The zero-order valence-corrected chi connectivity index (χ0v) is 17.2. The first-order chi connectivity index (χ1) is 12.0. The number of benzene rings is 1. The number of alkyl halides is 1. The maximum atomic E-state index is 15.0. The minimum Gasteiger partial charge on any atom is -0.598 e. The summed E-state index contributed by atoms with van der Waals surface area (Å²) in [5, 5.41) is -0.0494. The lowest BCUT2D eigenvalue weighted by atomic mass is 9.75. The van der Waals surface area contributed by atoms with E-state index in [-0.39, 0.29) is 5.02 Å². The second-order valence-corrected chi connectivity index (χ2v) is 11.0. The zero-order chi connectivity index (χ0) is 19.3. The van der Waals surface area contributed by atoms with E-state index in [1.165, 1.54) is 13.2 Å². The number of hydrogen-bond donors (Lipinski definition) is 1. The molecule has 2 atom stereocenters. The number of fused-ring (bicyclic) bond motifs is 2. The third kappa shape index (κ3) is 3.58. The van der Waals surface area contributed by atoms with Crippen LogP contribution < -0.4 is 9.46 Å². The Hall–Kier alpha value is -0.560. The summed E-state index contributed by atoms with van der Waals surface area (Å²) in [6.07, 6.45) is 2.56. The van der Waals surface area contributed by atoms with Crippen molar-refractivity contribution in [3.05, 3.63) is 28.5 Å². The Morgan fingerprint density at radius 2 is 1.88 bits per heavy atom. The van der Waals surface area contributed by atoms with E-state index in [0.717, 1.165) is 0 Å². The molecule has 2 fully saturated rings. The first-order valence-corrected chi connectivity index (χ1v) is 10.4. The number of methoxy groups -OCH3 is 1. The van der Waals surface area contributed by atoms with Crippen LogP contribution in [-0.2, 0) is 11.4 Å². The van der Waals surface area contributed by atoms with Gasteiger partial charge in [0.05, 0.1) is 18.2 Å². The van der Waals surface area contributed by atoms with Crippen molar-refractivity contribution in [3.8, 4) is 5.75 Å². The summed E-state index contributed by atoms with van der Waals surface area (Å²) in [5.74, 6) is -0.132. The lowest BCUT2D eigenvalue weighted by Gasteiger charge is -2.38. The highest BCUT2D eigenvalue weighted by molar-refractivity contribution is 7.90. The van der Waals surface area contributed by atoms with Gasteiger partial charge in [-0.3, -0.25) is 0 Å². The lowest BCUT2D eigenvalue weighted by Crippen LogP contribution is -2.46. The molecular weight excluding hydrogens is 380 g/mol. The molecule has 0 amide bonds. The van der Waals surface area contributed by atoms with Gasteiger partial charge in [-0.1, -0.05) is 11.6 Å². The fourth-order valence-corrected chi connectivity index (χ4v) is 5.45. The van der Waals surface area contributed by atoms with Crippen molar-refractivity contribution < 1.29 is 18.1 Å². The van der Waals surface area contributed by atoms with Gasteiger partial charge in [-0.25, -0.2) is 8.78 Å². The maximum Gasteiger partial charge on any atom is 0.147 e. The van der Waals surface area contributed by atoms with Gasteiger partial charge in [0.25, 0.3) is 0 Å². The largest absolute Gasteiger partial charge is 0.598 e. The van der Waals surface area contributed by atoms with Gasteiger partial charge in [-0.15, -0.1) is 4.72 Å². The van der Waals surface area contributed by atoms with E-state index >= 15 is 0 Å². The van der Waals surface area contributed by atoms with E-state index in [1.54, 1.807) is 6.07 Å². The molecule has 7 heteroatoms. The first-order valence-electron chi connectivity index (χ1n) is 8.90. The molecule has 26 heavy (non-hydrogen) atoms. The second-order valence-electron chi connectivity index (χ2n) is 8.63. The van der Waals surface area contributed by atoms with E-state index < -0.39 is 39.1 Å². The second kappa shape index (κ2) is 6.80. The van der Waals surface area contributed by atoms with Crippen molar-refractivity contribution in [2.24, 2.45) is 5.41 Å². The SMILES string of the molecule is COc1cc(Cl)c(F)c([C@@H](N[S+]([O-])C(C)(C)C)C23CCC(F)(CC2)C3)c1. The van der Waals surface area contributed by atoms with Crippen LogP contribution in [0.25, 0.3) is 0 Å². The molecule has 0 aromatic heterocycles. The standard InChI is InChI=1S/C19H26ClF2NO2S/c1-17(2,3)26(24)23-16(18-5-7-19(22,11-18)8-6-18)13-9-12(25-4)10-14(20)15(13)21/h9-10,16,23H,5-8,11H2,1-4H3/t16-,18?,19?,26?/m1/s1. The van der Waals surface area contributed by atoms with Crippen LogP contribution >= 0.6 is 11.6 Å². The Morgan fingerprint density at radius 1 is 1.27 bits per heavy atom. The molecule has 0 saturated heterocycles. The van der Waals surface area contributed by atoms with Crippen LogP contribution in [0.3, 0.4) is 0 Å². The minimum absolute atomic E-state index is 0.0494. The summed E-state index contributed by atoms with van der Waals surface area (Å²) in [4.78, 5) is 0. The summed E-state index contributed by atoms with van der Waals surface area (Å²) < 4.78 is 50.5. The fourth-order valence-electron chi connectivity index (χ4n) is 4.29. The van der Waals surface area contributed by atoms with Crippen molar-refractivity contribution in [2.75, 3.05) is 7.11 Å². The molecule has 3 nitrogen and oxygen atoms in total. The summed E-state index contributed by atoms with van der Waals surface area (Å²) in [5.41, 5.74) is -1.35. The van der Waals surface area contributed by atoms with E-state index in [4.69, 9.17) is 16.3 Å². The van der Waals surface area contributed by atoms with Crippen LogP contribution in [0.2, 0.25) is 5.02 Å². The van der Waals surface area contributed by atoms with Gasteiger partial charge in [-0.05, 0) is 64.4 Å². The molecule has 2 bridgehead atoms. The number of rotatable bonds is 5. The van der Waals surface area contributed by atoms with Crippen LogP contribution in [-0.4, -0.2) is 22.1 Å².